The van der Waals surface area contributed by atoms with E-state index in [4.69, 9.17) is 5.73 Å². The van der Waals surface area contributed by atoms with Crippen molar-refractivity contribution in [3.8, 4) is 0 Å². The van der Waals surface area contributed by atoms with Gasteiger partial charge in [-0.25, -0.2) is 12.8 Å². The molecule has 1 aliphatic heterocycles. The number of nitrogens with two attached hydrogens (primary N) is 1. The molecule has 1 aromatic heterocycles. The SMILES string of the molecule is Nc1c(C(=O)N[C@@H]2C=CS(=O)(=O)C2)c(=O)[nH]c2c(F)c(C34CC(C3)C4)ccc12. The van der Waals surface area contributed by atoms with Gasteiger partial charge in [-0.3, -0.25) is 9.59 Å². The van der Waals surface area contributed by atoms with E-state index in [1.165, 1.54) is 6.08 Å². The minimum Gasteiger partial charge on any atom is -0.397 e. The van der Waals surface area contributed by atoms with Crippen molar-refractivity contribution < 1.29 is 17.6 Å². The second kappa shape index (κ2) is 5.44. The van der Waals surface area contributed by atoms with Crippen molar-refractivity contribution in [2.75, 3.05) is 11.5 Å². The van der Waals surface area contributed by atoms with Crippen LogP contribution in [-0.2, 0) is 15.3 Å². The number of carbonyl (C=O) groups excluding carboxylic acids is 1. The van der Waals surface area contributed by atoms with Crippen LogP contribution < -0.4 is 16.6 Å². The molecule has 2 aromatic rings. The lowest BCUT2D eigenvalue weighted by atomic mass is 9.42. The van der Waals surface area contributed by atoms with Gasteiger partial charge in [-0.05, 0) is 42.2 Å². The summed E-state index contributed by atoms with van der Waals surface area (Å²) in [7, 11) is -3.36. The molecule has 1 atom stereocenters. The zero-order chi connectivity index (χ0) is 19.8. The van der Waals surface area contributed by atoms with E-state index in [2.05, 4.69) is 10.3 Å². The summed E-state index contributed by atoms with van der Waals surface area (Å²) in [5, 5.41) is 3.75. The number of aromatic nitrogens is 1. The summed E-state index contributed by atoms with van der Waals surface area (Å²) >= 11 is 0. The highest BCUT2D eigenvalue weighted by Crippen LogP contribution is 2.65. The number of benzene rings is 1. The number of nitrogen functional groups attached to an aromatic ring is 1. The first kappa shape index (κ1) is 17.4. The second-order valence-electron chi connectivity index (χ2n) is 8.09. The fraction of sp³-hybridized carbons (Fsp3) is 0.368. The largest absolute Gasteiger partial charge is 0.397 e. The van der Waals surface area contributed by atoms with Gasteiger partial charge in [0.2, 0.25) is 0 Å². The number of sulfone groups is 1. The molecule has 146 valence electrons. The molecule has 6 rings (SSSR count). The summed E-state index contributed by atoms with van der Waals surface area (Å²) in [6.07, 6.45) is 4.24. The average molecular weight is 403 g/mol. The molecule has 0 saturated heterocycles. The molecule has 1 amide bonds. The van der Waals surface area contributed by atoms with E-state index in [1.54, 1.807) is 12.1 Å². The topological polar surface area (TPSA) is 122 Å². The maximum absolute atomic E-state index is 15.1. The number of fused-ring (bicyclic) bond motifs is 1. The molecular weight excluding hydrogens is 385 g/mol. The fourth-order valence-corrected chi connectivity index (χ4v) is 5.94. The predicted octanol–water partition coefficient (Wildman–Crippen LogP) is 1.34. The highest BCUT2D eigenvalue weighted by atomic mass is 32.2. The van der Waals surface area contributed by atoms with Crippen molar-refractivity contribution in [2.45, 2.75) is 30.7 Å². The number of hydrogen-bond acceptors (Lipinski definition) is 5. The van der Waals surface area contributed by atoms with E-state index in [-0.39, 0.29) is 33.3 Å². The molecule has 3 fully saturated rings. The van der Waals surface area contributed by atoms with Crippen LogP contribution in [0.1, 0.15) is 35.2 Å². The molecule has 0 spiro atoms. The van der Waals surface area contributed by atoms with Crippen molar-refractivity contribution in [3.63, 3.8) is 0 Å². The monoisotopic (exact) mass is 403 g/mol. The average Bonchev–Trinajstić information content (AvgIpc) is 2.86. The van der Waals surface area contributed by atoms with E-state index in [1.807, 2.05) is 0 Å². The van der Waals surface area contributed by atoms with Crippen LogP contribution in [-0.4, -0.2) is 31.1 Å². The summed E-state index contributed by atoms with van der Waals surface area (Å²) in [5.41, 5.74) is 5.26. The van der Waals surface area contributed by atoms with Crippen molar-refractivity contribution in [1.29, 1.82) is 0 Å². The number of nitrogens with one attached hydrogen (secondary N) is 2. The first-order chi connectivity index (χ1) is 13.2. The first-order valence-corrected chi connectivity index (χ1v) is 10.8. The Kier molecular flexibility index (Phi) is 3.38. The van der Waals surface area contributed by atoms with E-state index >= 15 is 4.39 Å². The lowest BCUT2D eigenvalue weighted by Gasteiger charge is -2.62. The maximum Gasteiger partial charge on any atom is 0.263 e. The molecule has 9 heteroatoms. The summed E-state index contributed by atoms with van der Waals surface area (Å²) < 4.78 is 38.1. The molecule has 2 heterocycles. The molecule has 2 bridgehead atoms. The number of hydrogen-bond donors (Lipinski definition) is 3. The lowest BCUT2D eigenvalue weighted by Crippen LogP contribution is -2.55. The summed E-state index contributed by atoms with van der Waals surface area (Å²) in [6, 6.07) is 2.58. The Bertz CT molecular complexity index is 1230. The molecule has 4 aliphatic rings. The number of pyridine rings is 1. The van der Waals surface area contributed by atoms with E-state index in [9.17, 15) is 18.0 Å². The van der Waals surface area contributed by atoms with Crippen LogP contribution in [0.15, 0.2) is 28.4 Å². The van der Waals surface area contributed by atoms with Gasteiger partial charge in [0.1, 0.15) is 5.56 Å². The van der Waals surface area contributed by atoms with Gasteiger partial charge in [-0.15, -0.1) is 0 Å². The number of halogens is 1. The Balaban J connectivity index is 1.54. The van der Waals surface area contributed by atoms with Gasteiger partial charge >= 0.3 is 0 Å². The normalized spacial score (nSPS) is 29.3. The summed E-state index contributed by atoms with van der Waals surface area (Å²) in [5.74, 6) is -0.878. The van der Waals surface area contributed by atoms with Gasteiger partial charge < -0.3 is 16.0 Å². The number of rotatable bonds is 3. The van der Waals surface area contributed by atoms with Crippen molar-refractivity contribution in [3.05, 3.63) is 50.9 Å². The van der Waals surface area contributed by atoms with Crippen LogP contribution in [0.3, 0.4) is 0 Å². The Hall–Kier alpha value is -2.68. The summed E-state index contributed by atoms with van der Waals surface area (Å²) in [6.45, 7) is 0. The molecule has 4 N–H and O–H groups in total. The molecule has 3 saturated carbocycles. The zero-order valence-electron chi connectivity index (χ0n) is 14.8. The van der Waals surface area contributed by atoms with Gasteiger partial charge in [-0.2, -0.15) is 0 Å². The van der Waals surface area contributed by atoms with Crippen molar-refractivity contribution >= 4 is 32.3 Å². The van der Waals surface area contributed by atoms with Crippen LogP contribution in [0.4, 0.5) is 10.1 Å². The summed E-state index contributed by atoms with van der Waals surface area (Å²) in [4.78, 5) is 27.5. The van der Waals surface area contributed by atoms with Gasteiger partial charge in [0.05, 0.1) is 23.0 Å². The van der Waals surface area contributed by atoms with Crippen LogP contribution in [0, 0.1) is 11.7 Å². The maximum atomic E-state index is 15.1. The van der Waals surface area contributed by atoms with Gasteiger partial charge in [0.25, 0.3) is 11.5 Å². The first-order valence-electron chi connectivity index (χ1n) is 9.05. The smallest absolute Gasteiger partial charge is 0.263 e. The molecular formula is C19H18FN3O4S. The number of anilines is 1. The fourth-order valence-electron chi connectivity index (χ4n) is 4.71. The second-order valence-corrected chi connectivity index (χ2v) is 10.0. The highest BCUT2D eigenvalue weighted by Gasteiger charge is 2.58. The number of amides is 1. The minimum atomic E-state index is -3.36. The third-order valence-corrected chi connectivity index (χ3v) is 7.65. The van der Waals surface area contributed by atoms with Crippen molar-refractivity contribution in [2.24, 2.45) is 5.92 Å². The van der Waals surface area contributed by atoms with E-state index < -0.39 is 33.2 Å². The Labute approximate surface area is 159 Å². The Morgan fingerprint density at radius 3 is 2.57 bits per heavy atom. The van der Waals surface area contributed by atoms with Crippen LogP contribution >= 0.6 is 0 Å². The van der Waals surface area contributed by atoms with Gasteiger partial charge in [-0.1, -0.05) is 12.1 Å². The molecule has 1 aromatic carbocycles. The van der Waals surface area contributed by atoms with E-state index in [0.29, 0.717) is 11.5 Å². The molecule has 0 radical (unpaired) electrons. The van der Waals surface area contributed by atoms with Crippen LogP contribution in [0.25, 0.3) is 10.9 Å². The molecule has 28 heavy (non-hydrogen) atoms. The van der Waals surface area contributed by atoms with E-state index in [0.717, 1.165) is 24.7 Å². The van der Waals surface area contributed by atoms with Crippen LogP contribution in [0.2, 0.25) is 0 Å². The third kappa shape index (κ3) is 2.35. The minimum absolute atomic E-state index is 0.00427. The Morgan fingerprint density at radius 1 is 1.29 bits per heavy atom. The predicted molar refractivity (Wildman–Crippen MR) is 102 cm³/mol. The number of carbonyl (C=O) groups is 1. The number of aromatic amines is 1. The molecule has 0 unspecified atom stereocenters. The van der Waals surface area contributed by atoms with Gasteiger partial charge in [0.15, 0.2) is 15.7 Å². The third-order valence-electron chi connectivity index (χ3n) is 6.25. The standard InChI is InChI=1S/C19H18FN3O4S/c20-14-12(19-5-9(6-19)7-19)2-1-11-15(21)13(18(25)23-16(11)14)17(24)22-10-3-4-28(26,27)8-10/h1-4,9-10H,5-8H2,(H,22,24)(H3,21,23,25)/t9?,10-,19?/m1/s1. The highest BCUT2D eigenvalue weighted by molar-refractivity contribution is 7.94. The van der Waals surface area contributed by atoms with Crippen LogP contribution in [0.5, 0.6) is 0 Å². The zero-order valence-corrected chi connectivity index (χ0v) is 15.6. The van der Waals surface area contributed by atoms with Gasteiger partial charge in [0, 0.05) is 10.8 Å². The molecule has 7 nitrogen and oxygen atoms in total. The van der Waals surface area contributed by atoms with Crippen molar-refractivity contribution in [1.82, 2.24) is 10.3 Å². The number of H-pyrrole nitrogens is 1. The molecule has 3 aliphatic carbocycles. The lowest BCUT2D eigenvalue weighted by molar-refractivity contribution is -0.0298. The Morgan fingerprint density at radius 2 is 2.00 bits per heavy atom. The quantitative estimate of drug-likeness (QED) is 0.714.